The minimum absolute atomic E-state index is 0.175. The molecule has 27 heavy (non-hydrogen) atoms. The number of aromatic nitrogens is 1. The molecule has 6 heteroatoms. The SMILES string of the molecule is O=C(N1CCc2cc(=O)n(-c3ccc(F)cc3)cc2C1)C1(O)CCCCC1. The fraction of sp³-hybridized carbons (Fsp3) is 0.429. The molecule has 1 amide bonds. The minimum Gasteiger partial charge on any atom is -0.380 e. The van der Waals surface area contributed by atoms with Crippen molar-refractivity contribution in [3.63, 3.8) is 0 Å². The van der Waals surface area contributed by atoms with Crippen molar-refractivity contribution in [1.29, 1.82) is 0 Å². The van der Waals surface area contributed by atoms with Crippen LogP contribution in [-0.4, -0.2) is 32.6 Å². The number of hydrogen-bond donors (Lipinski definition) is 1. The van der Waals surface area contributed by atoms with Gasteiger partial charge in [-0.25, -0.2) is 4.39 Å². The maximum Gasteiger partial charge on any atom is 0.255 e. The number of aliphatic hydroxyl groups is 1. The third-order valence-electron chi connectivity index (χ3n) is 5.72. The van der Waals surface area contributed by atoms with Gasteiger partial charge in [-0.1, -0.05) is 19.3 Å². The smallest absolute Gasteiger partial charge is 0.255 e. The molecule has 1 aromatic carbocycles. The standard InChI is InChI=1S/C21H23FN2O3/c22-17-4-6-18(7-5-17)24-14-16-13-23(11-8-15(16)12-19(24)25)20(26)21(27)9-2-1-3-10-21/h4-7,12,14,27H,1-3,8-11,13H2. The van der Waals surface area contributed by atoms with E-state index in [1.54, 1.807) is 29.3 Å². The number of halogens is 1. The molecule has 2 heterocycles. The van der Waals surface area contributed by atoms with E-state index in [1.807, 2.05) is 0 Å². The Morgan fingerprint density at radius 2 is 1.78 bits per heavy atom. The summed E-state index contributed by atoms with van der Waals surface area (Å²) in [5.74, 6) is -0.561. The van der Waals surface area contributed by atoms with E-state index in [9.17, 15) is 19.1 Å². The van der Waals surface area contributed by atoms with Crippen LogP contribution in [0.3, 0.4) is 0 Å². The normalized spacial score (nSPS) is 18.8. The van der Waals surface area contributed by atoms with Gasteiger partial charge < -0.3 is 10.0 Å². The highest BCUT2D eigenvalue weighted by Gasteiger charge is 2.40. The maximum absolute atomic E-state index is 13.2. The molecule has 1 N–H and O–H groups in total. The van der Waals surface area contributed by atoms with E-state index in [-0.39, 0.29) is 17.3 Å². The number of nitrogens with zero attached hydrogens (tertiary/aromatic N) is 2. The first kappa shape index (κ1) is 17.9. The molecule has 1 aromatic heterocycles. The van der Waals surface area contributed by atoms with Gasteiger partial charge in [-0.3, -0.25) is 14.2 Å². The lowest BCUT2D eigenvalue weighted by molar-refractivity contribution is -0.155. The van der Waals surface area contributed by atoms with E-state index in [4.69, 9.17) is 0 Å². The first-order valence-electron chi connectivity index (χ1n) is 9.48. The molecule has 1 fully saturated rings. The number of amides is 1. The Kier molecular flexibility index (Phi) is 4.60. The zero-order chi connectivity index (χ0) is 19.0. The first-order chi connectivity index (χ1) is 13.0. The Morgan fingerprint density at radius 1 is 1.07 bits per heavy atom. The second kappa shape index (κ2) is 6.93. The summed E-state index contributed by atoms with van der Waals surface area (Å²) in [6, 6.07) is 7.33. The molecule has 0 saturated heterocycles. The Labute approximate surface area is 157 Å². The van der Waals surface area contributed by atoms with Crippen LogP contribution in [0.5, 0.6) is 0 Å². The molecule has 0 bridgehead atoms. The summed E-state index contributed by atoms with van der Waals surface area (Å²) in [6.45, 7) is 0.881. The molecular formula is C21H23FN2O3. The Morgan fingerprint density at radius 3 is 2.48 bits per heavy atom. The molecule has 0 unspecified atom stereocenters. The number of benzene rings is 1. The second-order valence-electron chi connectivity index (χ2n) is 7.58. The first-order valence-corrected chi connectivity index (χ1v) is 9.48. The van der Waals surface area contributed by atoms with Gasteiger partial charge >= 0.3 is 0 Å². The quantitative estimate of drug-likeness (QED) is 0.884. The Bertz CT molecular complexity index is 914. The molecule has 5 nitrogen and oxygen atoms in total. The average molecular weight is 370 g/mol. The lowest BCUT2D eigenvalue weighted by atomic mass is 9.83. The van der Waals surface area contributed by atoms with Gasteiger partial charge in [-0.05, 0) is 54.7 Å². The number of fused-ring (bicyclic) bond motifs is 1. The van der Waals surface area contributed by atoms with Gasteiger partial charge in [0.1, 0.15) is 11.4 Å². The molecule has 2 aromatic rings. The highest BCUT2D eigenvalue weighted by atomic mass is 19.1. The van der Waals surface area contributed by atoms with Crippen LogP contribution in [0.15, 0.2) is 41.3 Å². The van der Waals surface area contributed by atoms with Gasteiger partial charge in [0.15, 0.2) is 0 Å². The summed E-state index contributed by atoms with van der Waals surface area (Å²) < 4.78 is 14.6. The van der Waals surface area contributed by atoms with Crippen LogP contribution in [0.1, 0.15) is 43.2 Å². The summed E-state index contributed by atoms with van der Waals surface area (Å²) in [6.07, 6.45) is 6.16. The topological polar surface area (TPSA) is 62.5 Å². The molecule has 0 atom stereocenters. The fourth-order valence-corrected chi connectivity index (χ4v) is 4.15. The van der Waals surface area contributed by atoms with Crippen molar-refractivity contribution in [2.75, 3.05) is 6.54 Å². The van der Waals surface area contributed by atoms with Crippen LogP contribution in [0.2, 0.25) is 0 Å². The van der Waals surface area contributed by atoms with Crippen molar-refractivity contribution >= 4 is 5.91 Å². The van der Waals surface area contributed by atoms with Gasteiger partial charge in [-0.2, -0.15) is 0 Å². The van der Waals surface area contributed by atoms with Crippen LogP contribution >= 0.6 is 0 Å². The molecule has 0 radical (unpaired) electrons. The maximum atomic E-state index is 13.2. The Hall–Kier alpha value is -2.47. The lowest BCUT2D eigenvalue weighted by Gasteiger charge is -2.38. The minimum atomic E-state index is -1.25. The molecule has 0 spiro atoms. The van der Waals surface area contributed by atoms with Crippen LogP contribution in [0, 0.1) is 5.82 Å². The number of carbonyl (C=O) groups is 1. The second-order valence-corrected chi connectivity index (χ2v) is 7.58. The highest BCUT2D eigenvalue weighted by molar-refractivity contribution is 5.85. The van der Waals surface area contributed by atoms with Crippen LogP contribution < -0.4 is 5.56 Å². The third-order valence-corrected chi connectivity index (χ3v) is 5.72. The molecule has 1 saturated carbocycles. The molecule has 1 aliphatic carbocycles. The summed E-state index contributed by atoms with van der Waals surface area (Å²) >= 11 is 0. The van der Waals surface area contributed by atoms with Crippen molar-refractivity contribution < 1.29 is 14.3 Å². The monoisotopic (exact) mass is 370 g/mol. The molecule has 1 aliphatic heterocycles. The van der Waals surface area contributed by atoms with Crippen molar-refractivity contribution in [3.05, 3.63) is 63.8 Å². The van der Waals surface area contributed by atoms with E-state index in [0.717, 1.165) is 30.4 Å². The van der Waals surface area contributed by atoms with Crippen LogP contribution in [-0.2, 0) is 17.8 Å². The average Bonchev–Trinajstić information content (AvgIpc) is 2.68. The van der Waals surface area contributed by atoms with Gasteiger partial charge in [0.2, 0.25) is 0 Å². The summed E-state index contributed by atoms with van der Waals surface area (Å²) in [4.78, 5) is 27.1. The number of hydrogen-bond acceptors (Lipinski definition) is 3. The van der Waals surface area contributed by atoms with E-state index in [1.165, 1.54) is 16.7 Å². The predicted molar refractivity (Wildman–Crippen MR) is 99.2 cm³/mol. The zero-order valence-electron chi connectivity index (χ0n) is 15.2. The van der Waals surface area contributed by atoms with Gasteiger partial charge in [0.05, 0.1) is 0 Å². The van der Waals surface area contributed by atoms with Gasteiger partial charge in [-0.15, -0.1) is 0 Å². The number of carbonyl (C=O) groups excluding carboxylic acids is 1. The zero-order valence-corrected chi connectivity index (χ0v) is 15.2. The van der Waals surface area contributed by atoms with Crippen LogP contribution in [0.4, 0.5) is 4.39 Å². The fourth-order valence-electron chi connectivity index (χ4n) is 4.15. The van der Waals surface area contributed by atoms with Crippen LogP contribution in [0.25, 0.3) is 5.69 Å². The van der Waals surface area contributed by atoms with E-state index >= 15 is 0 Å². The highest BCUT2D eigenvalue weighted by Crippen LogP contribution is 2.31. The number of pyridine rings is 1. The summed E-state index contributed by atoms with van der Waals surface area (Å²) in [7, 11) is 0. The van der Waals surface area contributed by atoms with E-state index in [2.05, 4.69) is 0 Å². The van der Waals surface area contributed by atoms with Gasteiger partial charge in [0.25, 0.3) is 11.5 Å². The summed E-state index contributed by atoms with van der Waals surface area (Å²) in [5, 5.41) is 10.8. The summed E-state index contributed by atoms with van der Waals surface area (Å²) in [5.41, 5.74) is 0.974. The molecular weight excluding hydrogens is 347 g/mol. The third kappa shape index (κ3) is 3.41. The lowest BCUT2D eigenvalue weighted by Crippen LogP contribution is -2.51. The molecule has 4 rings (SSSR count). The molecule has 142 valence electrons. The van der Waals surface area contributed by atoms with Crippen molar-refractivity contribution in [2.45, 2.75) is 50.7 Å². The van der Waals surface area contributed by atoms with Gasteiger partial charge in [0, 0.05) is 31.0 Å². The largest absolute Gasteiger partial charge is 0.380 e. The Balaban J connectivity index is 1.62. The van der Waals surface area contributed by atoms with E-state index < -0.39 is 5.60 Å². The van der Waals surface area contributed by atoms with Crippen molar-refractivity contribution in [2.24, 2.45) is 0 Å². The molecule has 2 aliphatic rings. The number of rotatable bonds is 2. The van der Waals surface area contributed by atoms with Crippen molar-refractivity contribution in [3.8, 4) is 5.69 Å². The predicted octanol–water partition coefficient (Wildman–Crippen LogP) is 2.56. The van der Waals surface area contributed by atoms with Crippen molar-refractivity contribution in [1.82, 2.24) is 9.47 Å². The van der Waals surface area contributed by atoms with E-state index in [0.29, 0.717) is 38.0 Å².